The van der Waals surface area contributed by atoms with Crippen molar-refractivity contribution < 1.29 is 9.21 Å². The van der Waals surface area contributed by atoms with Crippen LogP contribution in [0.5, 0.6) is 0 Å². The summed E-state index contributed by atoms with van der Waals surface area (Å²) in [4.78, 5) is 15.1. The first-order chi connectivity index (χ1) is 8.36. The Labute approximate surface area is 110 Å². The maximum atomic E-state index is 10.7. The number of rotatable bonds is 3. The molecule has 0 saturated heterocycles. The second-order valence-corrected chi connectivity index (χ2v) is 6.09. The lowest BCUT2D eigenvalue weighted by atomic mass is 9.87. The second kappa shape index (κ2) is 4.65. The molecular formula is C13H16N2O2S. The van der Waals surface area contributed by atoms with Crippen molar-refractivity contribution in [3.05, 3.63) is 23.8 Å². The third-order valence-electron chi connectivity index (χ3n) is 2.57. The van der Waals surface area contributed by atoms with Gasteiger partial charge in [-0.2, -0.15) is 0 Å². The van der Waals surface area contributed by atoms with Crippen LogP contribution in [-0.4, -0.2) is 16.6 Å². The Bertz CT molecular complexity index is 584. The third-order valence-corrected chi connectivity index (χ3v) is 3.42. The van der Waals surface area contributed by atoms with Gasteiger partial charge in [-0.1, -0.05) is 38.6 Å². The monoisotopic (exact) mass is 264 g/mol. The lowest BCUT2D eigenvalue weighted by Gasteiger charge is -2.18. The van der Waals surface area contributed by atoms with Gasteiger partial charge in [0.1, 0.15) is 5.52 Å². The fourth-order valence-electron chi connectivity index (χ4n) is 1.57. The predicted molar refractivity (Wildman–Crippen MR) is 72.6 cm³/mol. The molecule has 2 N–H and O–H groups in total. The minimum absolute atomic E-state index is 0.0771. The first-order valence-electron chi connectivity index (χ1n) is 5.68. The number of carbonyl (C=O) groups is 1. The van der Waals surface area contributed by atoms with Crippen molar-refractivity contribution in [1.82, 2.24) is 4.98 Å². The number of aromatic nitrogens is 1. The van der Waals surface area contributed by atoms with Crippen molar-refractivity contribution in [3.8, 4) is 0 Å². The molecule has 2 rings (SSSR count). The molecular weight excluding hydrogens is 248 g/mol. The van der Waals surface area contributed by atoms with Crippen molar-refractivity contribution >= 4 is 28.8 Å². The number of fused-ring (bicyclic) bond motifs is 1. The Morgan fingerprint density at radius 3 is 2.78 bits per heavy atom. The number of carbonyl (C=O) groups excluding carboxylic acids is 1. The Morgan fingerprint density at radius 1 is 1.44 bits per heavy atom. The Kier molecular flexibility index (Phi) is 3.34. The van der Waals surface area contributed by atoms with Crippen LogP contribution >= 0.6 is 11.8 Å². The highest BCUT2D eigenvalue weighted by Gasteiger charge is 2.16. The van der Waals surface area contributed by atoms with Gasteiger partial charge in [0.25, 0.3) is 5.22 Å². The molecule has 0 aliphatic carbocycles. The van der Waals surface area contributed by atoms with Crippen molar-refractivity contribution in [2.45, 2.75) is 31.4 Å². The van der Waals surface area contributed by atoms with Crippen LogP contribution in [0.4, 0.5) is 0 Å². The van der Waals surface area contributed by atoms with Gasteiger partial charge in [-0.3, -0.25) is 4.79 Å². The van der Waals surface area contributed by atoms with E-state index in [0.29, 0.717) is 5.22 Å². The third kappa shape index (κ3) is 2.85. The molecule has 0 aliphatic rings. The van der Waals surface area contributed by atoms with E-state index in [1.165, 1.54) is 17.3 Å². The van der Waals surface area contributed by atoms with Gasteiger partial charge in [-0.25, -0.2) is 4.98 Å². The van der Waals surface area contributed by atoms with Gasteiger partial charge in [-0.15, -0.1) is 0 Å². The highest BCUT2D eigenvalue weighted by Crippen LogP contribution is 2.28. The number of hydrogen-bond donors (Lipinski definition) is 1. The van der Waals surface area contributed by atoms with Gasteiger partial charge in [0, 0.05) is 0 Å². The lowest BCUT2D eigenvalue weighted by molar-refractivity contribution is -0.115. The van der Waals surface area contributed by atoms with Gasteiger partial charge in [0.15, 0.2) is 5.58 Å². The van der Waals surface area contributed by atoms with E-state index in [4.69, 9.17) is 10.2 Å². The SMILES string of the molecule is CC(C)(C)c1ccc2oc(SCC(N)=O)nc2c1. The van der Waals surface area contributed by atoms with Crippen molar-refractivity contribution in [2.75, 3.05) is 5.75 Å². The highest BCUT2D eigenvalue weighted by atomic mass is 32.2. The Hall–Kier alpha value is -1.49. The van der Waals surface area contributed by atoms with E-state index in [2.05, 4.69) is 25.8 Å². The standard InChI is InChI=1S/C13H16N2O2S/c1-13(2,3)8-4-5-10-9(6-8)15-12(17-10)18-7-11(14)16/h4-6H,7H2,1-3H3,(H2,14,16). The van der Waals surface area contributed by atoms with Crippen LogP contribution in [0.1, 0.15) is 26.3 Å². The van der Waals surface area contributed by atoms with Crippen LogP contribution in [0.2, 0.25) is 0 Å². The predicted octanol–water partition coefficient (Wildman–Crippen LogP) is 2.70. The number of primary amides is 1. The molecule has 0 bridgehead atoms. The number of hydrogen-bond acceptors (Lipinski definition) is 4. The molecule has 1 heterocycles. The summed E-state index contributed by atoms with van der Waals surface area (Å²) in [6.45, 7) is 6.45. The molecule has 1 amide bonds. The Balaban J connectivity index is 2.31. The summed E-state index contributed by atoms with van der Waals surface area (Å²) in [5.41, 5.74) is 7.91. The van der Waals surface area contributed by atoms with E-state index < -0.39 is 0 Å². The number of nitrogens with two attached hydrogens (primary N) is 1. The van der Waals surface area contributed by atoms with E-state index in [0.717, 1.165) is 11.1 Å². The Morgan fingerprint density at radius 2 is 2.17 bits per heavy atom. The van der Waals surface area contributed by atoms with Gasteiger partial charge >= 0.3 is 0 Å². The first-order valence-corrected chi connectivity index (χ1v) is 6.67. The fraction of sp³-hybridized carbons (Fsp3) is 0.385. The second-order valence-electron chi connectivity index (χ2n) is 5.17. The molecule has 4 nitrogen and oxygen atoms in total. The van der Waals surface area contributed by atoms with E-state index >= 15 is 0 Å². The molecule has 0 saturated carbocycles. The van der Waals surface area contributed by atoms with Crippen molar-refractivity contribution in [3.63, 3.8) is 0 Å². The van der Waals surface area contributed by atoms with Crippen molar-refractivity contribution in [1.29, 1.82) is 0 Å². The molecule has 2 aromatic rings. The van der Waals surface area contributed by atoms with E-state index in [9.17, 15) is 4.79 Å². The molecule has 0 atom stereocenters. The molecule has 1 aromatic heterocycles. The first kappa shape index (κ1) is 13.0. The average Bonchev–Trinajstić information content (AvgIpc) is 2.66. The number of nitrogens with zero attached hydrogens (tertiary/aromatic N) is 1. The summed E-state index contributed by atoms with van der Waals surface area (Å²) in [6.07, 6.45) is 0. The van der Waals surface area contributed by atoms with Crippen LogP contribution in [0.25, 0.3) is 11.1 Å². The van der Waals surface area contributed by atoms with E-state index in [1.807, 2.05) is 18.2 Å². The maximum Gasteiger partial charge on any atom is 0.257 e. The average molecular weight is 264 g/mol. The minimum atomic E-state index is -0.377. The normalized spacial score (nSPS) is 11.9. The highest BCUT2D eigenvalue weighted by molar-refractivity contribution is 7.99. The van der Waals surface area contributed by atoms with Gasteiger partial charge in [0.2, 0.25) is 5.91 Å². The number of amides is 1. The van der Waals surface area contributed by atoms with Gasteiger partial charge < -0.3 is 10.2 Å². The molecule has 5 heteroatoms. The minimum Gasteiger partial charge on any atom is -0.431 e. The van der Waals surface area contributed by atoms with Crippen LogP contribution in [0.3, 0.4) is 0 Å². The molecule has 0 unspecified atom stereocenters. The zero-order chi connectivity index (χ0) is 13.3. The van der Waals surface area contributed by atoms with Crippen LogP contribution in [0, 0.1) is 0 Å². The largest absolute Gasteiger partial charge is 0.431 e. The van der Waals surface area contributed by atoms with Crippen LogP contribution in [0.15, 0.2) is 27.8 Å². The van der Waals surface area contributed by atoms with E-state index in [-0.39, 0.29) is 17.1 Å². The molecule has 0 aliphatic heterocycles. The maximum absolute atomic E-state index is 10.7. The quantitative estimate of drug-likeness (QED) is 0.865. The topological polar surface area (TPSA) is 69.1 Å². The molecule has 0 radical (unpaired) electrons. The summed E-state index contributed by atoms with van der Waals surface area (Å²) in [7, 11) is 0. The zero-order valence-electron chi connectivity index (χ0n) is 10.7. The summed E-state index contributed by atoms with van der Waals surface area (Å²) >= 11 is 1.22. The lowest BCUT2D eigenvalue weighted by Crippen LogP contribution is -2.12. The molecule has 1 aromatic carbocycles. The van der Waals surface area contributed by atoms with E-state index in [1.54, 1.807) is 0 Å². The summed E-state index contributed by atoms with van der Waals surface area (Å²) < 4.78 is 5.53. The zero-order valence-corrected chi connectivity index (χ0v) is 11.5. The molecule has 0 fully saturated rings. The van der Waals surface area contributed by atoms with Gasteiger partial charge in [0.05, 0.1) is 5.75 Å². The number of thioether (sulfide) groups is 1. The number of benzene rings is 1. The smallest absolute Gasteiger partial charge is 0.257 e. The summed E-state index contributed by atoms with van der Waals surface area (Å²) in [5.74, 6) is -0.198. The number of oxazole rings is 1. The summed E-state index contributed by atoms with van der Waals surface area (Å²) in [6, 6.07) is 5.97. The summed E-state index contributed by atoms with van der Waals surface area (Å²) in [5, 5.41) is 0.481. The van der Waals surface area contributed by atoms with Crippen LogP contribution in [-0.2, 0) is 10.2 Å². The fourth-order valence-corrected chi connectivity index (χ4v) is 2.14. The van der Waals surface area contributed by atoms with Crippen LogP contribution < -0.4 is 5.73 Å². The molecule has 18 heavy (non-hydrogen) atoms. The van der Waals surface area contributed by atoms with Crippen molar-refractivity contribution in [2.24, 2.45) is 5.73 Å². The molecule has 0 spiro atoms. The molecule has 96 valence electrons. The van der Waals surface area contributed by atoms with Gasteiger partial charge in [-0.05, 0) is 23.1 Å².